The number of hydrogen-bond donors (Lipinski definition) is 1. The molecule has 3 rings (SSSR count). The second-order valence-electron chi connectivity index (χ2n) is 6.27. The molecule has 2 aromatic carbocycles. The van der Waals surface area contributed by atoms with Crippen molar-refractivity contribution in [3.8, 4) is 0 Å². The standard InChI is InChI=1S/C20H19ClN2O3S/c1-12-7-8-13(21)11-16(12)22-18(24)17(9-10-27-2)23-19(25)14-5-3-4-6-15(14)20(23)26/h3-8,11,17H,9-10H2,1-2H3,(H,22,24)/t17-/m1/s1. The molecular formula is C20H19ClN2O3S. The van der Waals surface area contributed by atoms with Gasteiger partial charge in [0.25, 0.3) is 11.8 Å². The van der Waals surface area contributed by atoms with E-state index in [1.165, 1.54) is 0 Å². The lowest BCUT2D eigenvalue weighted by Crippen LogP contribution is -2.47. The lowest BCUT2D eigenvalue weighted by Gasteiger charge is -2.25. The van der Waals surface area contributed by atoms with Crippen LogP contribution in [0.2, 0.25) is 5.02 Å². The molecule has 1 heterocycles. The molecule has 1 atom stereocenters. The van der Waals surface area contributed by atoms with E-state index in [0.29, 0.717) is 34.0 Å². The van der Waals surface area contributed by atoms with Crippen LogP contribution in [0.4, 0.5) is 5.69 Å². The number of hydrogen-bond acceptors (Lipinski definition) is 4. The molecule has 0 spiro atoms. The fraction of sp³-hybridized carbons (Fsp3) is 0.250. The summed E-state index contributed by atoms with van der Waals surface area (Å²) >= 11 is 7.58. The first-order valence-corrected chi connectivity index (χ1v) is 10.2. The minimum absolute atomic E-state index is 0.336. The maximum atomic E-state index is 13.0. The van der Waals surface area contributed by atoms with Crippen molar-refractivity contribution in [3.05, 3.63) is 64.2 Å². The van der Waals surface area contributed by atoms with Crippen LogP contribution < -0.4 is 5.32 Å². The van der Waals surface area contributed by atoms with Gasteiger partial charge in [-0.25, -0.2) is 0 Å². The molecule has 0 bridgehead atoms. The molecular weight excluding hydrogens is 384 g/mol. The number of thioether (sulfide) groups is 1. The normalized spacial score (nSPS) is 14.3. The smallest absolute Gasteiger partial charge is 0.262 e. The first kappa shape index (κ1) is 19.5. The molecule has 0 radical (unpaired) electrons. The van der Waals surface area contributed by atoms with Gasteiger partial charge in [-0.3, -0.25) is 19.3 Å². The van der Waals surface area contributed by atoms with Crippen LogP contribution in [0.1, 0.15) is 32.7 Å². The van der Waals surface area contributed by atoms with Crippen molar-refractivity contribution in [2.24, 2.45) is 0 Å². The van der Waals surface area contributed by atoms with E-state index < -0.39 is 23.8 Å². The predicted molar refractivity (Wildman–Crippen MR) is 109 cm³/mol. The number of nitrogens with zero attached hydrogens (tertiary/aromatic N) is 1. The second kappa shape index (κ2) is 8.15. The van der Waals surface area contributed by atoms with Crippen molar-refractivity contribution in [3.63, 3.8) is 0 Å². The van der Waals surface area contributed by atoms with Gasteiger partial charge in [-0.2, -0.15) is 11.8 Å². The van der Waals surface area contributed by atoms with Crippen molar-refractivity contribution >= 4 is 46.8 Å². The summed E-state index contributed by atoms with van der Waals surface area (Å²) in [7, 11) is 0. The number of rotatable bonds is 6. The zero-order chi connectivity index (χ0) is 19.6. The minimum atomic E-state index is -0.886. The van der Waals surface area contributed by atoms with Crippen LogP contribution in [0.25, 0.3) is 0 Å². The Labute approximate surface area is 167 Å². The molecule has 0 fully saturated rings. The highest BCUT2D eigenvalue weighted by Gasteiger charge is 2.42. The van der Waals surface area contributed by atoms with Gasteiger partial charge < -0.3 is 5.32 Å². The number of carbonyl (C=O) groups is 3. The number of aryl methyl sites for hydroxylation is 1. The van der Waals surface area contributed by atoms with E-state index >= 15 is 0 Å². The third-order valence-corrected chi connectivity index (χ3v) is 5.37. The summed E-state index contributed by atoms with van der Waals surface area (Å²) in [6.45, 7) is 1.85. The molecule has 0 saturated carbocycles. The molecule has 140 valence electrons. The summed E-state index contributed by atoms with van der Waals surface area (Å²) in [4.78, 5) is 39.7. The number of carbonyl (C=O) groups excluding carboxylic acids is 3. The zero-order valence-corrected chi connectivity index (χ0v) is 16.6. The molecule has 0 aromatic heterocycles. The van der Waals surface area contributed by atoms with Crippen LogP contribution in [0.15, 0.2) is 42.5 Å². The Morgan fingerprint density at radius 1 is 1.15 bits per heavy atom. The van der Waals surface area contributed by atoms with Crippen LogP contribution in [-0.4, -0.2) is 40.7 Å². The van der Waals surface area contributed by atoms with E-state index in [-0.39, 0.29) is 0 Å². The molecule has 0 unspecified atom stereocenters. The summed E-state index contributed by atoms with van der Waals surface area (Å²) in [5, 5.41) is 3.32. The molecule has 1 aliphatic rings. The first-order chi connectivity index (χ1) is 12.9. The third kappa shape index (κ3) is 3.87. The maximum absolute atomic E-state index is 13.0. The van der Waals surface area contributed by atoms with E-state index in [2.05, 4.69) is 5.32 Å². The molecule has 1 N–H and O–H groups in total. The summed E-state index contributed by atoms with van der Waals surface area (Å²) in [5.74, 6) is -0.622. The quantitative estimate of drug-likeness (QED) is 0.741. The first-order valence-electron chi connectivity index (χ1n) is 8.47. The number of amides is 3. The Morgan fingerprint density at radius 3 is 2.37 bits per heavy atom. The summed E-state index contributed by atoms with van der Waals surface area (Å²) < 4.78 is 0. The average molecular weight is 403 g/mol. The number of halogens is 1. The van der Waals surface area contributed by atoms with E-state index in [4.69, 9.17) is 11.6 Å². The van der Waals surface area contributed by atoms with Gasteiger partial charge >= 0.3 is 0 Å². The largest absolute Gasteiger partial charge is 0.324 e. The molecule has 0 saturated heterocycles. The lowest BCUT2D eigenvalue weighted by atomic mass is 10.1. The van der Waals surface area contributed by atoms with Crippen LogP contribution in [0, 0.1) is 6.92 Å². The minimum Gasteiger partial charge on any atom is -0.324 e. The van der Waals surface area contributed by atoms with Crippen molar-refractivity contribution in [1.82, 2.24) is 4.90 Å². The second-order valence-corrected chi connectivity index (χ2v) is 7.69. The number of benzene rings is 2. The van der Waals surface area contributed by atoms with Gasteiger partial charge in [-0.1, -0.05) is 29.8 Å². The number of anilines is 1. The van der Waals surface area contributed by atoms with E-state index in [1.807, 2.05) is 13.2 Å². The molecule has 3 amide bonds. The van der Waals surface area contributed by atoms with Crippen LogP contribution in [-0.2, 0) is 4.79 Å². The van der Waals surface area contributed by atoms with Gasteiger partial charge in [-0.05, 0) is 55.2 Å². The highest BCUT2D eigenvalue weighted by molar-refractivity contribution is 7.98. The maximum Gasteiger partial charge on any atom is 0.262 e. The summed E-state index contributed by atoms with van der Waals surface area (Å²) in [5.41, 5.74) is 2.09. The van der Waals surface area contributed by atoms with Crippen LogP contribution in [0.5, 0.6) is 0 Å². The highest BCUT2D eigenvalue weighted by atomic mass is 35.5. The fourth-order valence-electron chi connectivity index (χ4n) is 3.04. The van der Waals surface area contributed by atoms with Gasteiger partial charge in [0.05, 0.1) is 11.1 Å². The SMILES string of the molecule is CSCC[C@H](C(=O)Nc1cc(Cl)ccc1C)N1C(=O)c2ccccc2C1=O. The molecule has 0 aliphatic carbocycles. The Kier molecular flexibility index (Phi) is 5.87. The lowest BCUT2D eigenvalue weighted by molar-refractivity contribution is -0.120. The number of imide groups is 1. The molecule has 7 heteroatoms. The van der Waals surface area contributed by atoms with Gasteiger partial charge in [0.2, 0.25) is 5.91 Å². The fourth-order valence-corrected chi connectivity index (χ4v) is 3.67. The van der Waals surface area contributed by atoms with E-state index in [9.17, 15) is 14.4 Å². The molecule has 5 nitrogen and oxygen atoms in total. The molecule has 2 aromatic rings. The third-order valence-electron chi connectivity index (χ3n) is 4.49. The Hall–Kier alpha value is -2.31. The van der Waals surface area contributed by atoms with Gasteiger partial charge in [-0.15, -0.1) is 0 Å². The molecule has 27 heavy (non-hydrogen) atoms. The van der Waals surface area contributed by atoms with Gasteiger partial charge in [0, 0.05) is 10.7 Å². The average Bonchev–Trinajstić information content (AvgIpc) is 2.90. The van der Waals surface area contributed by atoms with Crippen LogP contribution >= 0.6 is 23.4 Å². The monoisotopic (exact) mass is 402 g/mol. The van der Waals surface area contributed by atoms with Crippen molar-refractivity contribution in [2.45, 2.75) is 19.4 Å². The van der Waals surface area contributed by atoms with Gasteiger partial charge in [0.1, 0.15) is 6.04 Å². The van der Waals surface area contributed by atoms with Crippen molar-refractivity contribution in [1.29, 1.82) is 0 Å². The summed E-state index contributed by atoms with van der Waals surface area (Å²) in [6.07, 6.45) is 2.29. The molecule has 1 aliphatic heterocycles. The van der Waals surface area contributed by atoms with E-state index in [0.717, 1.165) is 10.5 Å². The Morgan fingerprint density at radius 2 is 1.78 bits per heavy atom. The Bertz CT molecular complexity index is 881. The predicted octanol–water partition coefficient (Wildman–Crippen LogP) is 4.00. The number of fused-ring (bicyclic) bond motifs is 1. The van der Waals surface area contributed by atoms with Crippen LogP contribution in [0.3, 0.4) is 0 Å². The highest BCUT2D eigenvalue weighted by Crippen LogP contribution is 2.27. The summed E-state index contributed by atoms with van der Waals surface area (Å²) in [6, 6.07) is 10.9. The topological polar surface area (TPSA) is 66.5 Å². The van der Waals surface area contributed by atoms with E-state index in [1.54, 1.807) is 54.2 Å². The van der Waals surface area contributed by atoms with Gasteiger partial charge in [0.15, 0.2) is 0 Å². The Balaban J connectivity index is 1.90. The number of nitrogens with one attached hydrogen (secondary N) is 1. The van der Waals surface area contributed by atoms with Crippen molar-refractivity contribution < 1.29 is 14.4 Å². The zero-order valence-electron chi connectivity index (χ0n) is 15.0. The van der Waals surface area contributed by atoms with Crippen molar-refractivity contribution in [2.75, 3.05) is 17.3 Å².